The van der Waals surface area contributed by atoms with E-state index in [1.165, 1.54) is 0 Å². The molecule has 2 N–H and O–H groups in total. The predicted molar refractivity (Wildman–Crippen MR) is 94.3 cm³/mol. The highest BCUT2D eigenvalue weighted by Crippen LogP contribution is 2.25. The Kier molecular flexibility index (Phi) is 6.09. The molecule has 1 saturated heterocycles. The molecule has 140 valence electrons. The Balaban J connectivity index is 1.41. The summed E-state index contributed by atoms with van der Waals surface area (Å²) in [5, 5.41) is 18.0. The van der Waals surface area contributed by atoms with Crippen LogP contribution in [0.4, 0.5) is 0 Å². The summed E-state index contributed by atoms with van der Waals surface area (Å²) in [7, 11) is 0. The average Bonchev–Trinajstić information content (AvgIpc) is 3.11. The zero-order valence-corrected chi connectivity index (χ0v) is 15.3. The van der Waals surface area contributed by atoms with Gasteiger partial charge >= 0.3 is 0 Å². The maximum Gasteiger partial charge on any atom is 0.220 e. The van der Waals surface area contributed by atoms with Crippen molar-refractivity contribution in [2.45, 2.75) is 64.3 Å². The van der Waals surface area contributed by atoms with E-state index in [9.17, 15) is 9.90 Å². The molecule has 3 atom stereocenters. The number of carbonyl (C=O) groups excluding carboxylic acids is 1. The maximum atomic E-state index is 12.2. The average molecular weight is 350 g/mol. The lowest BCUT2D eigenvalue weighted by atomic mass is 10.1. The lowest BCUT2D eigenvalue weighted by Crippen LogP contribution is -2.51. The molecule has 7 heteroatoms. The van der Waals surface area contributed by atoms with E-state index >= 15 is 0 Å². The number of aliphatic hydroxyl groups excluding tert-OH is 1. The minimum Gasteiger partial charge on any atom is -0.389 e. The molecule has 0 unspecified atom stereocenters. The van der Waals surface area contributed by atoms with Crippen LogP contribution in [0.25, 0.3) is 0 Å². The van der Waals surface area contributed by atoms with Gasteiger partial charge in [-0.05, 0) is 39.2 Å². The van der Waals surface area contributed by atoms with Gasteiger partial charge in [-0.15, -0.1) is 0 Å². The first-order chi connectivity index (χ1) is 12.0. The van der Waals surface area contributed by atoms with E-state index in [4.69, 9.17) is 4.74 Å². The van der Waals surface area contributed by atoms with Crippen LogP contribution >= 0.6 is 0 Å². The zero-order chi connectivity index (χ0) is 17.8. The number of nitrogens with zero attached hydrogens (tertiary/aromatic N) is 3. The number of morpholine rings is 1. The van der Waals surface area contributed by atoms with Gasteiger partial charge in [-0.25, -0.2) is 0 Å². The summed E-state index contributed by atoms with van der Waals surface area (Å²) >= 11 is 0. The van der Waals surface area contributed by atoms with E-state index in [1.54, 1.807) is 0 Å². The van der Waals surface area contributed by atoms with Crippen molar-refractivity contribution in [1.82, 2.24) is 20.0 Å². The predicted octanol–water partition coefficient (Wildman–Crippen LogP) is 0.620. The topological polar surface area (TPSA) is 79.6 Å². The van der Waals surface area contributed by atoms with Crippen molar-refractivity contribution in [1.29, 1.82) is 0 Å². The number of rotatable bonds is 6. The maximum absolute atomic E-state index is 12.2. The first kappa shape index (κ1) is 18.4. The van der Waals surface area contributed by atoms with Crippen LogP contribution in [0.3, 0.4) is 0 Å². The van der Waals surface area contributed by atoms with Crippen LogP contribution in [0.2, 0.25) is 0 Å². The molecule has 2 fully saturated rings. The van der Waals surface area contributed by atoms with E-state index < -0.39 is 6.10 Å². The van der Waals surface area contributed by atoms with Crippen LogP contribution in [-0.4, -0.2) is 70.2 Å². The number of carbonyl (C=O) groups is 1. The summed E-state index contributed by atoms with van der Waals surface area (Å²) in [6, 6.07) is 2.05. The van der Waals surface area contributed by atoms with Gasteiger partial charge < -0.3 is 15.2 Å². The summed E-state index contributed by atoms with van der Waals surface area (Å²) in [6.07, 6.45) is 2.50. The highest BCUT2D eigenvalue weighted by Gasteiger charge is 2.39. The third kappa shape index (κ3) is 4.59. The van der Waals surface area contributed by atoms with Gasteiger partial charge in [0, 0.05) is 37.8 Å². The second-order valence-electron chi connectivity index (χ2n) is 7.21. The Hall–Kier alpha value is -1.44. The molecule has 1 amide bonds. The quantitative estimate of drug-likeness (QED) is 0.786. The molecule has 0 spiro atoms. The van der Waals surface area contributed by atoms with Crippen LogP contribution in [-0.2, 0) is 16.1 Å². The molecule has 3 rings (SSSR count). The molecule has 0 bridgehead atoms. The van der Waals surface area contributed by atoms with Gasteiger partial charge in [0.1, 0.15) is 0 Å². The number of aryl methyl sites for hydroxylation is 3. The normalized spacial score (nSPS) is 27.6. The summed E-state index contributed by atoms with van der Waals surface area (Å²) < 4.78 is 7.32. The van der Waals surface area contributed by atoms with E-state index in [1.807, 2.05) is 24.6 Å². The Bertz CT molecular complexity index is 583. The van der Waals surface area contributed by atoms with Crippen molar-refractivity contribution in [3.8, 4) is 0 Å². The Morgan fingerprint density at radius 2 is 2.12 bits per heavy atom. The Morgan fingerprint density at radius 1 is 1.36 bits per heavy atom. The molecule has 0 aromatic carbocycles. The molecule has 2 heterocycles. The van der Waals surface area contributed by atoms with E-state index in [0.29, 0.717) is 6.42 Å². The number of amides is 1. The molecule has 7 nitrogen and oxygen atoms in total. The number of aromatic nitrogens is 2. The highest BCUT2D eigenvalue weighted by molar-refractivity contribution is 5.76. The fourth-order valence-electron chi connectivity index (χ4n) is 3.99. The summed E-state index contributed by atoms with van der Waals surface area (Å²) in [5.41, 5.74) is 2.13. The standard InChI is InChI=1S/C18H30N4O3/c1-13-12-14(2)22(20-13)7-3-4-17(23)19-15-5-6-16(18(15)24)21-8-10-25-11-9-21/h12,15-16,18,24H,3-11H2,1-2H3,(H,19,23)/t15-,16-,18-/m1/s1. The molecule has 0 radical (unpaired) electrons. The lowest BCUT2D eigenvalue weighted by molar-refractivity contribution is -0.122. The molecule has 25 heavy (non-hydrogen) atoms. The van der Waals surface area contributed by atoms with Gasteiger partial charge in [-0.1, -0.05) is 0 Å². The van der Waals surface area contributed by atoms with Crippen LogP contribution < -0.4 is 5.32 Å². The number of nitrogens with one attached hydrogen (secondary N) is 1. The van der Waals surface area contributed by atoms with Crippen molar-refractivity contribution in [2.75, 3.05) is 26.3 Å². The Labute approximate surface area is 149 Å². The molecule has 2 aliphatic rings. The van der Waals surface area contributed by atoms with Gasteiger partial charge in [-0.2, -0.15) is 5.10 Å². The highest BCUT2D eigenvalue weighted by atomic mass is 16.5. The minimum atomic E-state index is -0.488. The van der Waals surface area contributed by atoms with Crippen molar-refractivity contribution in [3.63, 3.8) is 0 Å². The van der Waals surface area contributed by atoms with E-state index in [-0.39, 0.29) is 18.0 Å². The third-order valence-corrected chi connectivity index (χ3v) is 5.32. The summed E-state index contributed by atoms with van der Waals surface area (Å²) in [4.78, 5) is 14.5. The molecule has 1 aromatic heterocycles. The molecule has 1 aliphatic heterocycles. The second kappa shape index (κ2) is 8.29. The third-order valence-electron chi connectivity index (χ3n) is 5.32. The molecule has 1 aliphatic carbocycles. The van der Waals surface area contributed by atoms with Gasteiger partial charge in [0.05, 0.1) is 31.1 Å². The minimum absolute atomic E-state index is 0.0215. The van der Waals surface area contributed by atoms with Crippen LogP contribution in [0.15, 0.2) is 6.07 Å². The second-order valence-corrected chi connectivity index (χ2v) is 7.21. The largest absolute Gasteiger partial charge is 0.389 e. The van der Waals surface area contributed by atoms with Gasteiger partial charge in [0.25, 0.3) is 0 Å². The smallest absolute Gasteiger partial charge is 0.220 e. The van der Waals surface area contributed by atoms with Crippen molar-refractivity contribution >= 4 is 5.91 Å². The fraction of sp³-hybridized carbons (Fsp3) is 0.778. The monoisotopic (exact) mass is 350 g/mol. The summed E-state index contributed by atoms with van der Waals surface area (Å²) in [6.45, 7) is 7.94. The van der Waals surface area contributed by atoms with Crippen LogP contribution in [0.5, 0.6) is 0 Å². The molecular weight excluding hydrogens is 320 g/mol. The zero-order valence-electron chi connectivity index (χ0n) is 15.3. The van der Waals surface area contributed by atoms with Gasteiger partial charge in [-0.3, -0.25) is 14.4 Å². The molecular formula is C18H30N4O3. The fourth-order valence-corrected chi connectivity index (χ4v) is 3.99. The molecule has 1 aromatic rings. The first-order valence-electron chi connectivity index (χ1n) is 9.35. The van der Waals surface area contributed by atoms with Crippen molar-refractivity contribution in [2.24, 2.45) is 0 Å². The van der Waals surface area contributed by atoms with Gasteiger partial charge in [0.15, 0.2) is 0 Å². The SMILES string of the molecule is Cc1cc(C)n(CCCC(=O)N[C@@H]2CC[C@@H](N3CCOCC3)[C@@H]2O)n1. The van der Waals surface area contributed by atoms with E-state index in [0.717, 1.165) is 63.5 Å². The number of hydrogen-bond donors (Lipinski definition) is 2. The summed E-state index contributed by atoms with van der Waals surface area (Å²) in [5.74, 6) is 0.0215. The van der Waals surface area contributed by atoms with Crippen LogP contribution in [0.1, 0.15) is 37.1 Å². The van der Waals surface area contributed by atoms with E-state index in [2.05, 4.69) is 15.3 Å². The van der Waals surface area contributed by atoms with Gasteiger partial charge in [0.2, 0.25) is 5.91 Å². The Morgan fingerprint density at radius 3 is 2.80 bits per heavy atom. The number of aliphatic hydroxyl groups is 1. The first-order valence-corrected chi connectivity index (χ1v) is 9.35. The van der Waals surface area contributed by atoms with Crippen molar-refractivity contribution in [3.05, 3.63) is 17.5 Å². The number of hydrogen-bond acceptors (Lipinski definition) is 5. The lowest BCUT2D eigenvalue weighted by Gasteiger charge is -2.34. The van der Waals surface area contributed by atoms with Crippen LogP contribution in [0, 0.1) is 13.8 Å². The van der Waals surface area contributed by atoms with Crippen molar-refractivity contribution < 1.29 is 14.6 Å². The molecule has 1 saturated carbocycles. The number of ether oxygens (including phenoxy) is 1.